The van der Waals surface area contributed by atoms with Crippen LogP contribution in [0.15, 0.2) is 35.5 Å². The molecule has 1 N–H and O–H groups in total. The van der Waals surface area contributed by atoms with Crippen LogP contribution in [0.3, 0.4) is 0 Å². The van der Waals surface area contributed by atoms with Gasteiger partial charge in [0, 0.05) is 30.3 Å². The zero-order chi connectivity index (χ0) is 27.7. The minimum Gasteiger partial charge on any atom is -0.478 e. The van der Waals surface area contributed by atoms with Gasteiger partial charge in [-0.3, -0.25) is 9.59 Å². The van der Waals surface area contributed by atoms with Crippen LogP contribution in [-0.4, -0.2) is 92.8 Å². The van der Waals surface area contributed by atoms with Gasteiger partial charge in [0.1, 0.15) is 0 Å². The van der Waals surface area contributed by atoms with E-state index >= 15 is 0 Å². The van der Waals surface area contributed by atoms with Gasteiger partial charge >= 0.3 is 12.0 Å². The molecule has 0 radical (unpaired) electrons. The molecule has 3 aromatic rings. The van der Waals surface area contributed by atoms with Crippen LogP contribution in [0.5, 0.6) is 0 Å². The molecule has 2 saturated heterocycles. The maximum atomic E-state index is 13.6. The number of rotatable bonds is 6. The number of nitrogens with zero attached hydrogens (tertiary/aromatic N) is 5. The van der Waals surface area contributed by atoms with Gasteiger partial charge in [0.15, 0.2) is 16.8 Å². The number of ether oxygens (including phenoxy) is 1. The Labute approximate surface area is 240 Å². The van der Waals surface area contributed by atoms with Gasteiger partial charge in [-0.2, -0.15) is 4.68 Å². The number of likely N-dealkylation sites (tertiary alicyclic amines) is 1. The minimum absolute atomic E-state index is 0.0732. The van der Waals surface area contributed by atoms with Crippen molar-refractivity contribution in [3.8, 4) is 0 Å². The molecule has 0 bridgehead atoms. The third-order valence-corrected chi connectivity index (χ3v) is 9.02. The normalized spacial score (nSPS) is 17.6. The Morgan fingerprint density at radius 1 is 1.10 bits per heavy atom. The summed E-state index contributed by atoms with van der Waals surface area (Å²) in [5, 5.41) is 13.8. The van der Waals surface area contributed by atoms with Crippen LogP contribution in [0.25, 0.3) is 0 Å². The molecule has 1 atom stereocenters. The molecular formula is C24H21Cl2N5O6S2. The fourth-order valence-corrected chi connectivity index (χ4v) is 6.59. The third kappa shape index (κ3) is 5.82. The molecule has 2 aromatic heterocycles. The Hall–Kier alpha value is -2.97. The number of thioether (sulfide) groups is 1. The van der Waals surface area contributed by atoms with Crippen molar-refractivity contribution in [1.82, 2.24) is 24.6 Å². The molecule has 204 valence electrons. The number of Topliss-reactive ketones (excluding diaryl/α,β-unsaturated/α-hetero) is 1. The molecule has 39 heavy (non-hydrogen) atoms. The summed E-state index contributed by atoms with van der Waals surface area (Å²) in [5.74, 6) is -2.51. The van der Waals surface area contributed by atoms with Gasteiger partial charge in [-0.1, -0.05) is 41.0 Å². The lowest BCUT2D eigenvalue weighted by molar-refractivity contribution is -0.118. The van der Waals surface area contributed by atoms with Crippen LogP contribution in [-0.2, 0) is 15.3 Å². The van der Waals surface area contributed by atoms with Gasteiger partial charge in [-0.15, -0.1) is 16.4 Å². The van der Waals surface area contributed by atoms with Gasteiger partial charge < -0.3 is 19.6 Å². The smallest absolute Gasteiger partial charge is 0.337 e. The van der Waals surface area contributed by atoms with E-state index in [2.05, 4.69) is 10.1 Å². The summed E-state index contributed by atoms with van der Waals surface area (Å²) in [6.07, 6.45) is 0. The lowest BCUT2D eigenvalue weighted by Gasteiger charge is -2.30. The number of benzene rings is 1. The van der Waals surface area contributed by atoms with Gasteiger partial charge in [0.2, 0.25) is 0 Å². The van der Waals surface area contributed by atoms with Gasteiger partial charge in [0.05, 0.1) is 46.2 Å². The first-order chi connectivity index (χ1) is 18.7. The number of carboxylic acids is 1. The molecule has 0 saturated carbocycles. The second-order valence-corrected chi connectivity index (χ2v) is 11.8. The third-order valence-electron chi connectivity index (χ3n) is 6.22. The number of hydrogen-bond acceptors (Lipinski definition) is 9. The van der Waals surface area contributed by atoms with Crippen molar-refractivity contribution in [2.24, 2.45) is 0 Å². The number of carboxylic acid groups (broad SMARTS) is 1. The van der Waals surface area contributed by atoms with Crippen molar-refractivity contribution in [2.75, 3.05) is 39.4 Å². The lowest BCUT2D eigenvalue weighted by atomic mass is 10.1. The molecule has 2 amide bonds. The summed E-state index contributed by atoms with van der Waals surface area (Å²) in [6.45, 7) is 1.75. The Morgan fingerprint density at radius 3 is 2.54 bits per heavy atom. The van der Waals surface area contributed by atoms with Gasteiger partial charge in [-0.05, 0) is 24.3 Å². The SMILES string of the molecule is O=C(O)c1cccc(C(=O)n2nc(C3CN(C(=O)N4CCOCC4)CC3=O)nc2SCc2ccc(Cl)s2)c1Cl. The highest BCUT2D eigenvalue weighted by molar-refractivity contribution is 7.98. The number of ketones is 1. The maximum Gasteiger partial charge on any atom is 0.337 e. The minimum atomic E-state index is -1.28. The second-order valence-electron chi connectivity index (χ2n) is 8.72. The first-order valence-electron chi connectivity index (χ1n) is 11.8. The van der Waals surface area contributed by atoms with Crippen LogP contribution in [0.2, 0.25) is 9.36 Å². The topological polar surface area (TPSA) is 135 Å². The molecule has 0 spiro atoms. The van der Waals surface area contributed by atoms with E-state index in [-0.39, 0.29) is 52.0 Å². The van der Waals surface area contributed by atoms with Crippen molar-refractivity contribution in [3.05, 3.63) is 61.5 Å². The lowest BCUT2D eigenvalue weighted by Crippen LogP contribution is -2.47. The largest absolute Gasteiger partial charge is 0.478 e. The highest BCUT2D eigenvalue weighted by Gasteiger charge is 2.40. The van der Waals surface area contributed by atoms with Gasteiger partial charge in [0.25, 0.3) is 5.91 Å². The molecule has 1 aromatic carbocycles. The predicted molar refractivity (Wildman–Crippen MR) is 144 cm³/mol. The van der Waals surface area contributed by atoms with E-state index in [0.717, 1.165) is 9.56 Å². The number of halogens is 2. The van der Waals surface area contributed by atoms with E-state index < -0.39 is 17.8 Å². The van der Waals surface area contributed by atoms with Crippen molar-refractivity contribution in [1.29, 1.82) is 0 Å². The standard InChI is InChI=1S/C24H21Cl2N5O6S2/c25-18-5-4-13(39-18)12-38-23-27-20(16-10-30(11-17(16)32)24(36)29-6-8-37-9-7-29)28-31(23)21(33)14-2-1-3-15(19(14)26)22(34)35/h1-5,16H,6-12H2,(H,34,35). The predicted octanol–water partition coefficient (Wildman–Crippen LogP) is 3.75. The molecule has 2 aliphatic heterocycles. The van der Waals surface area contributed by atoms with E-state index in [4.69, 9.17) is 27.9 Å². The van der Waals surface area contributed by atoms with E-state index in [9.17, 15) is 24.3 Å². The molecule has 4 heterocycles. The highest BCUT2D eigenvalue weighted by atomic mass is 35.5. The number of carbonyl (C=O) groups excluding carboxylic acids is 3. The number of hydrogen-bond donors (Lipinski definition) is 1. The number of urea groups is 1. The number of amides is 2. The summed E-state index contributed by atoms with van der Waals surface area (Å²) in [7, 11) is 0. The highest BCUT2D eigenvalue weighted by Crippen LogP contribution is 2.32. The van der Waals surface area contributed by atoms with Gasteiger partial charge in [-0.25, -0.2) is 14.6 Å². The molecule has 0 aliphatic carbocycles. The molecule has 1 unspecified atom stereocenters. The zero-order valence-electron chi connectivity index (χ0n) is 20.2. The molecular weight excluding hydrogens is 589 g/mol. The van der Waals surface area contributed by atoms with Crippen molar-refractivity contribution in [3.63, 3.8) is 0 Å². The Kier molecular flexibility index (Phi) is 8.24. The fourth-order valence-electron chi connectivity index (χ4n) is 4.24. The van der Waals surface area contributed by atoms with Crippen molar-refractivity contribution < 1.29 is 29.0 Å². The molecule has 15 heteroatoms. The second kappa shape index (κ2) is 11.6. The van der Waals surface area contributed by atoms with Crippen molar-refractivity contribution in [2.45, 2.75) is 16.8 Å². The maximum absolute atomic E-state index is 13.6. The molecule has 11 nitrogen and oxygen atoms in total. The average Bonchev–Trinajstić information content (AvgIpc) is 3.65. The number of thiophene rings is 1. The summed E-state index contributed by atoms with van der Waals surface area (Å²) >= 11 is 14.9. The van der Waals surface area contributed by atoms with E-state index in [1.54, 1.807) is 11.0 Å². The van der Waals surface area contributed by atoms with E-state index in [1.165, 1.54) is 46.2 Å². The molecule has 2 fully saturated rings. The van der Waals surface area contributed by atoms with Crippen LogP contribution in [0, 0.1) is 0 Å². The zero-order valence-corrected chi connectivity index (χ0v) is 23.4. The monoisotopic (exact) mass is 609 g/mol. The number of aromatic carboxylic acids is 1. The fraction of sp³-hybridized carbons (Fsp3) is 0.333. The Balaban J connectivity index is 1.44. The summed E-state index contributed by atoms with van der Waals surface area (Å²) in [6, 6.07) is 7.46. The van der Waals surface area contributed by atoms with Crippen molar-refractivity contribution >= 4 is 70.0 Å². The Morgan fingerprint density at radius 2 is 1.85 bits per heavy atom. The van der Waals surface area contributed by atoms with Crippen LogP contribution < -0.4 is 0 Å². The number of morpholine rings is 1. The first kappa shape index (κ1) is 27.6. The van der Waals surface area contributed by atoms with E-state index in [0.29, 0.717) is 36.4 Å². The Bertz CT molecular complexity index is 1450. The summed E-state index contributed by atoms with van der Waals surface area (Å²) < 4.78 is 6.94. The summed E-state index contributed by atoms with van der Waals surface area (Å²) in [5.41, 5.74) is -0.301. The first-order valence-corrected chi connectivity index (χ1v) is 14.3. The molecule has 2 aliphatic rings. The quantitative estimate of drug-likeness (QED) is 0.414. The van der Waals surface area contributed by atoms with E-state index in [1.807, 2.05) is 6.07 Å². The van der Waals surface area contributed by atoms with Crippen LogP contribution in [0.4, 0.5) is 4.79 Å². The van der Waals surface area contributed by atoms with Crippen LogP contribution in [0.1, 0.15) is 37.3 Å². The number of carbonyl (C=O) groups is 4. The molecule has 5 rings (SSSR count). The summed E-state index contributed by atoms with van der Waals surface area (Å²) in [4.78, 5) is 59.6. The average molecular weight is 611 g/mol. The number of aromatic nitrogens is 3. The van der Waals surface area contributed by atoms with Crippen LogP contribution >= 0.6 is 46.3 Å².